The predicted molar refractivity (Wildman–Crippen MR) is 213 cm³/mol. The highest BCUT2D eigenvalue weighted by Crippen LogP contribution is 2.52. The summed E-state index contributed by atoms with van der Waals surface area (Å²) in [5.41, 5.74) is 14.0. The Labute approximate surface area is 302 Å². The smallest absolute Gasteiger partial charge is 0.164 e. The Kier molecular flexibility index (Phi) is 6.80. The van der Waals surface area contributed by atoms with E-state index >= 15 is 0 Å². The number of fused-ring (bicyclic) bond motifs is 7. The molecule has 0 bridgehead atoms. The van der Waals surface area contributed by atoms with Crippen LogP contribution >= 0.6 is 0 Å². The van der Waals surface area contributed by atoms with E-state index in [0.717, 1.165) is 27.9 Å². The summed E-state index contributed by atoms with van der Waals surface area (Å²) in [4.78, 5) is 15.0. The molecule has 1 aliphatic carbocycles. The molecule has 0 atom stereocenters. The second-order valence-corrected chi connectivity index (χ2v) is 14.1. The molecule has 10 rings (SSSR count). The van der Waals surface area contributed by atoms with Gasteiger partial charge in [0.15, 0.2) is 17.5 Å². The van der Waals surface area contributed by atoms with Crippen LogP contribution in [0.2, 0.25) is 0 Å². The van der Waals surface area contributed by atoms with Crippen LogP contribution in [0.25, 0.3) is 83.9 Å². The third kappa shape index (κ3) is 4.72. The summed E-state index contributed by atoms with van der Waals surface area (Å²) in [5.74, 6) is 1.94. The molecule has 4 heteroatoms. The molecular formula is C48H34N4. The average Bonchev–Trinajstić information content (AvgIpc) is 3.67. The fourth-order valence-electron chi connectivity index (χ4n) is 8.13. The third-order valence-electron chi connectivity index (χ3n) is 10.7. The number of hydrogen-bond donors (Lipinski definition) is 0. The van der Waals surface area contributed by atoms with Crippen molar-refractivity contribution >= 4 is 21.8 Å². The third-order valence-corrected chi connectivity index (χ3v) is 10.7. The Hall–Kier alpha value is -6.65. The van der Waals surface area contributed by atoms with E-state index in [1.807, 2.05) is 36.4 Å². The van der Waals surface area contributed by atoms with Crippen LogP contribution in [0.15, 0.2) is 170 Å². The maximum atomic E-state index is 5.05. The lowest BCUT2D eigenvalue weighted by molar-refractivity contribution is 0.664. The minimum atomic E-state index is -0.147. The summed E-state index contributed by atoms with van der Waals surface area (Å²) in [5, 5.41) is 2.52. The molecule has 0 aliphatic heterocycles. The first-order valence-corrected chi connectivity index (χ1v) is 17.8. The van der Waals surface area contributed by atoms with E-state index in [2.05, 4.69) is 152 Å². The number of hydrogen-bond acceptors (Lipinski definition) is 3. The Balaban J connectivity index is 1.11. The highest BCUT2D eigenvalue weighted by Gasteiger charge is 2.38. The molecule has 0 radical (unpaired) electrons. The molecule has 0 unspecified atom stereocenters. The van der Waals surface area contributed by atoms with Crippen molar-refractivity contribution in [1.29, 1.82) is 0 Å². The van der Waals surface area contributed by atoms with Gasteiger partial charge >= 0.3 is 0 Å². The number of para-hydroxylation sites is 1. The van der Waals surface area contributed by atoms with Gasteiger partial charge in [-0.2, -0.15) is 0 Å². The maximum absolute atomic E-state index is 5.05. The van der Waals surface area contributed by atoms with Gasteiger partial charge in [-0.25, -0.2) is 15.0 Å². The molecule has 52 heavy (non-hydrogen) atoms. The fourth-order valence-corrected chi connectivity index (χ4v) is 8.13. The highest BCUT2D eigenvalue weighted by atomic mass is 15.0. The van der Waals surface area contributed by atoms with Crippen LogP contribution in [0.5, 0.6) is 0 Å². The molecule has 0 N–H and O–H groups in total. The lowest BCUT2D eigenvalue weighted by Crippen LogP contribution is -2.16. The maximum Gasteiger partial charge on any atom is 0.164 e. The Morgan fingerprint density at radius 1 is 0.404 bits per heavy atom. The largest absolute Gasteiger partial charge is 0.309 e. The molecule has 4 nitrogen and oxygen atoms in total. The Bertz CT molecular complexity index is 2780. The molecule has 2 aromatic heterocycles. The van der Waals surface area contributed by atoms with Crippen molar-refractivity contribution in [2.24, 2.45) is 0 Å². The minimum absolute atomic E-state index is 0.147. The number of benzene rings is 7. The lowest BCUT2D eigenvalue weighted by Gasteiger charge is -2.23. The van der Waals surface area contributed by atoms with Crippen LogP contribution in [0.1, 0.15) is 25.0 Å². The van der Waals surface area contributed by atoms with E-state index in [-0.39, 0.29) is 5.41 Å². The summed E-state index contributed by atoms with van der Waals surface area (Å²) >= 11 is 0. The van der Waals surface area contributed by atoms with Crippen LogP contribution < -0.4 is 0 Å². The summed E-state index contributed by atoms with van der Waals surface area (Å²) in [6, 6.07) is 60.0. The molecular weight excluding hydrogens is 633 g/mol. The monoisotopic (exact) mass is 666 g/mol. The summed E-state index contributed by atoms with van der Waals surface area (Å²) in [7, 11) is 0. The minimum Gasteiger partial charge on any atom is -0.309 e. The van der Waals surface area contributed by atoms with Crippen molar-refractivity contribution in [3.63, 3.8) is 0 Å². The molecule has 0 amide bonds. The van der Waals surface area contributed by atoms with Gasteiger partial charge in [-0.05, 0) is 63.7 Å². The number of aromatic nitrogens is 4. The second kappa shape index (κ2) is 11.7. The van der Waals surface area contributed by atoms with E-state index in [4.69, 9.17) is 15.0 Å². The Morgan fingerprint density at radius 2 is 0.904 bits per heavy atom. The van der Waals surface area contributed by atoms with Crippen molar-refractivity contribution in [3.8, 4) is 62.1 Å². The first-order valence-electron chi connectivity index (χ1n) is 17.8. The normalized spacial score (nSPS) is 13.0. The SMILES string of the molecule is CC1(C)c2ccccc2-c2ccc3c4ccccc4n(-c4ccc(-c5nc(-c6ccccc6)nc(-c6ccc(-c7ccccc7)cc6)n5)cc4)c3c21. The van der Waals surface area contributed by atoms with Crippen molar-refractivity contribution < 1.29 is 0 Å². The van der Waals surface area contributed by atoms with E-state index in [1.54, 1.807) is 0 Å². The van der Waals surface area contributed by atoms with Crippen LogP contribution in [-0.2, 0) is 5.41 Å². The Morgan fingerprint density at radius 3 is 1.58 bits per heavy atom. The molecule has 246 valence electrons. The van der Waals surface area contributed by atoms with E-state index in [0.29, 0.717) is 17.5 Å². The van der Waals surface area contributed by atoms with Gasteiger partial charge in [-0.15, -0.1) is 0 Å². The van der Waals surface area contributed by atoms with Gasteiger partial charge in [-0.1, -0.05) is 153 Å². The number of rotatable bonds is 5. The van der Waals surface area contributed by atoms with Gasteiger partial charge in [-0.3, -0.25) is 0 Å². The summed E-state index contributed by atoms with van der Waals surface area (Å²) in [6.45, 7) is 4.72. The van der Waals surface area contributed by atoms with Crippen LogP contribution in [-0.4, -0.2) is 19.5 Å². The van der Waals surface area contributed by atoms with Gasteiger partial charge in [0.2, 0.25) is 0 Å². The molecule has 2 heterocycles. The van der Waals surface area contributed by atoms with Gasteiger partial charge in [0.25, 0.3) is 0 Å². The van der Waals surface area contributed by atoms with Crippen molar-refractivity contribution in [3.05, 3.63) is 181 Å². The molecule has 7 aromatic carbocycles. The summed E-state index contributed by atoms with van der Waals surface area (Å²) in [6.07, 6.45) is 0. The van der Waals surface area contributed by atoms with Crippen molar-refractivity contribution in [2.75, 3.05) is 0 Å². The van der Waals surface area contributed by atoms with Crippen molar-refractivity contribution in [1.82, 2.24) is 19.5 Å². The molecule has 0 saturated carbocycles. The first-order chi connectivity index (χ1) is 25.5. The quantitative estimate of drug-likeness (QED) is 0.184. The predicted octanol–water partition coefficient (Wildman–Crippen LogP) is 11.9. The second-order valence-electron chi connectivity index (χ2n) is 14.1. The van der Waals surface area contributed by atoms with Crippen LogP contribution in [0.4, 0.5) is 0 Å². The zero-order chi connectivity index (χ0) is 34.8. The van der Waals surface area contributed by atoms with Gasteiger partial charge in [0.1, 0.15) is 0 Å². The van der Waals surface area contributed by atoms with Gasteiger partial charge in [0.05, 0.1) is 11.0 Å². The van der Waals surface area contributed by atoms with Gasteiger partial charge < -0.3 is 4.57 Å². The highest BCUT2D eigenvalue weighted by molar-refractivity contribution is 6.13. The van der Waals surface area contributed by atoms with E-state index < -0.39 is 0 Å². The fraction of sp³-hybridized carbons (Fsp3) is 0.0625. The van der Waals surface area contributed by atoms with Gasteiger partial charge in [0, 0.05) is 38.6 Å². The van der Waals surface area contributed by atoms with E-state index in [1.165, 1.54) is 49.6 Å². The topological polar surface area (TPSA) is 43.6 Å². The summed E-state index contributed by atoms with van der Waals surface area (Å²) < 4.78 is 2.45. The zero-order valence-corrected chi connectivity index (χ0v) is 29.0. The first kappa shape index (κ1) is 30.2. The molecule has 9 aromatic rings. The molecule has 0 spiro atoms. The van der Waals surface area contributed by atoms with Crippen molar-refractivity contribution in [2.45, 2.75) is 19.3 Å². The van der Waals surface area contributed by atoms with Crippen LogP contribution in [0.3, 0.4) is 0 Å². The lowest BCUT2D eigenvalue weighted by atomic mass is 9.81. The van der Waals surface area contributed by atoms with Crippen LogP contribution in [0, 0.1) is 0 Å². The molecule has 1 aliphatic rings. The standard InChI is InChI=1S/C48H34N4/c1-48(2)41-19-11-9-17-37(41)39-29-30-40-38-18-10-12-20-42(38)52(44(40)43(39)48)36-27-25-35(26-28-36)47-50-45(33-15-7-4-8-16-33)49-46(51-47)34-23-21-32(22-24-34)31-13-5-3-6-14-31/h3-30H,1-2H3. The average molecular weight is 667 g/mol. The number of nitrogens with zero attached hydrogens (tertiary/aromatic N) is 4. The zero-order valence-electron chi connectivity index (χ0n) is 29.0. The van der Waals surface area contributed by atoms with E-state index in [9.17, 15) is 0 Å². The molecule has 0 saturated heterocycles. The molecule has 0 fully saturated rings.